The monoisotopic (exact) mass is 350 g/mol. The molecule has 0 aliphatic rings. The van der Waals surface area contributed by atoms with Gasteiger partial charge in [-0.25, -0.2) is 13.9 Å². The van der Waals surface area contributed by atoms with E-state index < -0.39 is 15.9 Å². The smallest absolute Gasteiger partial charge is 0.267 e. The molecule has 0 radical (unpaired) electrons. The second-order valence-electron chi connectivity index (χ2n) is 5.14. The summed E-state index contributed by atoms with van der Waals surface area (Å²) >= 11 is 0. The number of allylic oxidation sites excluding steroid dienone is 1. The number of nitrogens with one attached hydrogen (secondary N) is 2. The summed E-state index contributed by atoms with van der Waals surface area (Å²) in [7, 11) is -3.36. The van der Waals surface area contributed by atoms with Gasteiger partial charge in [0.05, 0.1) is 5.75 Å². The van der Waals surface area contributed by atoms with Crippen LogP contribution in [0.5, 0.6) is 0 Å². The molecule has 0 heterocycles. The number of hydrogen-bond acceptors (Lipinski definition) is 4. The number of rotatable bonds is 8. The standard InChI is InChI=1S/C17H22N2O4S/c1-2-3-4-7-13-24(22,23)19-16-11-8-10-15(14-16)9-5-6-12-17(20)18-21/h6,8,10-12,14,19,21H,2-4,7,13H2,1H3,(H,18,20). The van der Waals surface area contributed by atoms with E-state index in [-0.39, 0.29) is 5.75 Å². The van der Waals surface area contributed by atoms with Crippen LogP contribution in [0.2, 0.25) is 0 Å². The van der Waals surface area contributed by atoms with E-state index in [0.717, 1.165) is 25.3 Å². The van der Waals surface area contributed by atoms with Crippen LogP contribution in [-0.4, -0.2) is 25.3 Å². The summed E-state index contributed by atoms with van der Waals surface area (Å²) in [5.74, 6) is 4.83. The number of benzene rings is 1. The van der Waals surface area contributed by atoms with E-state index in [1.54, 1.807) is 24.3 Å². The average Bonchev–Trinajstić information content (AvgIpc) is 2.55. The molecule has 0 fully saturated rings. The second-order valence-corrected chi connectivity index (χ2v) is 6.98. The number of carbonyl (C=O) groups excluding carboxylic acids is 1. The molecule has 6 nitrogen and oxygen atoms in total. The van der Waals surface area contributed by atoms with Gasteiger partial charge in [0.15, 0.2) is 0 Å². The lowest BCUT2D eigenvalue weighted by Gasteiger charge is -2.08. The minimum Gasteiger partial charge on any atom is -0.288 e. The largest absolute Gasteiger partial charge is 0.288 e. The van der Waals surface area contributed by atoms with Crippen molar-refractivity contribution in [3.05, 3.63) is 42.0 Å². The molecule has 1 aromatic rings. The van der Waals surface area contributed by atoms with Crippen LogP contribution in [-0.2, 0) is 14.8 Å². The summed E-state index contributed by atoms with van der Waals surface area (Å²) in [6.45, 7) is 2.07. The molecule has 1 aromatic carbocycles. The Morgan fingerprint density at radius 2 is 2.08 bits per heavy atom. The minimum atomic E-state index is -3.36. The number of sulfonamides is 1. The van der Waals surface area contributed by atoms with Crippen molar-refractivity contribution in [2.75, 3.05) is 10.5 Å². The first kappa shape index (κ1) is 19.7. The van der Waals surface area contributed by atoms with Crippen molar-refractivity contribution in [3.63, 3.8) is 0 Å². The topological polar surface area (TPSA) is 95.5 Å². The highest BCUT2D eigenvalue weighted by Gasteiger charge is 2.09. The predicted octanol–water partition coefficient (Wildman–Crippen LogP) is 2.42. The van der Waals surface area contributed by atoms with Crippen molar-refractivity contribution >= 4 is 21.6 Å². The fourth-order valence-electron chi connectivity index (χ4n) is 1.89. The molecule has 0 unspecified atom stereocenters. The fraction of sp³-hybridized carbons (Fsp3) is 0.353. The van der Waals surface area contributed by atoms with Crippen LogP contribution in [0.25, 0.3) is 0 Å². The van der Waals surface area contributed by atoms with Crippen molar-refractivity contribution in [1.82, 2.24) is 5.48 Å². The third kappa shape index (κ3) is 8.36. The van der Waals surface area contributed by atoms with E-state index in [1.807, 2.05) is 0 Å². The Bertz CT molecular complexity index is 730. The molecule has 130 valence electrons. The van der Waals surface area contributed by atoms with E-state index in [1.165, 1.54) is 11.6 Å². The maximum absolute atomic E-state index is 12.0. The van der Waals surface area contributed by atoms with Gasteiger partial charge in [-0.15, -0.1) is 0 Å². The van der Waals surface area contributed by atoms with E-state index in [2.05, 4.69) is 23.5 Å². The number of carbonyl (C=O) groups is 1. The summed E-state index contributed by atoms with van der Waals surface area (Å²) in [6, 6.07) is 6.70. The molecular weight excluding hydrogens is 328 g/mol. The first-order chi connectivity index (χ1) is 11.5. The maximum Gasteiger partial charge on any atom is 0.267 e. The van der Waals surface area contributed by atoms with E-state index in [0.29, 0.717) is 17.7 Å². The van der Waals surface area contributed by atoms with Crippen molar-refractivity contribution in [1.29, 1.82) is 0 Å². The van der Waals surface area contributed by atoms with Crippen LogP contribution in [0.15, 0.2) is 36.4 Å². The second kappa shape index (κ2) is 10.5. The zero-order valence-electron chi connectivity index (χ0n) is 13.6. The number of hydrogen-bond donors (Lipinski definition) is 3. The lowest BCUT2D eigenvalue weighted by atomic mass is 10.2. The number of amides is 1. The molecular formula is C17H22N2O4S. The molecule has 0 spiro atoms. The molecule has 1 rings (SSSR count). The van der Waals surface area contributed by atoms with Crippen molar-refractivity contribution in [3.8, 4) is 11.8 Å². The SMILES string of the molecule is CCCCCCS(=O)(=O)Nc1cccc(C#CC=CC(=O)NO)c1. The number of unbranched alkanes of at least 4 members (excludes halogenated alkanes) is 3. The van der Waals surface area contributed by atoms with Gasteiger partial charge in [-0.05, 0) is 30.7 Å². The van der Waals surface area contributed by atoms with E-state index in [4.69, 9.17) is 5.21 Å². The average molecular weight is 350 g/mol. The summed E-state index contributed by atoms with van der Waals surface area (Å²) in [4.78, 5) is 10.8. The molecule has 0 aliphatic heterocycles. The van der Waals surface area contributed by atoms with Crippen LogP contribution < -0.4 is 10.2 Å². The van der Waals surface area contributed by atoms with Crippen molar-refractivity contribution < 1.29 is 18.4 Å². The Hall–Kier alpha value is -2.30. The first-order valence-electron chi connectivity index (χ1n) is 7.69. The summed E-state index contributed by atoms with van der Waals surface area (Å²) in [6.07, 6.45) is 5.99. The number of anilines is 1. The van der Waals surface area contributed by atoms with Crippen molar-refractivity contribution in [2.45, 2.75) is 32.6 Å². The van der Waals surface area contributed by atoms with Gasteiger partial charge >= 0.3 is 0 Å². The summed E-state index contributed by atoms with van der Waals surface area (Å²) in [5.41, 5.74) is 2.51. The Labute approximate surface area is 143 Å². The van der Waals surface area contributed by atoms with E-state index >= 15 is 0 Å². The van der Waals surface area contributed by atoms with Gasteiger partial charge in [0, 0.05) is 17.3 Å². The number of hydroxylamine groups is 1. The molecule has 0 aromatic heterocycles. The lowest BCUT2D eigenvalue weighted by molar-refractivity contribution is -0.124. The molecule has 0 aliphatic carbocycles. The zero-order chi connectivity index (χ0) is 17.8. The third-order valence-corrected chi connectivity index (χ3v) is 4.42. The normalized spacial score (nSPS) is 10.9. The van der Waals surface area contributed by atoms with E-state index in [9.17, 15) is 13.2 Å². The fourth-order valence-corrected chi connectivity index (χ4v) is 3.06. The van der Waals surface area contributed by atoms with Gasteiger partial charge < -0.3 is 0 Å². The van der Waals surface area contributed by atoms with Crippen molar-refractivity contribution in [2.24, 2.45) is 0 Å². The van der Waals surface area contributed by atoms with Crippen LogP contribution in [0.3, 0.4) is 0 Å². The van der Waals surface area contributed by atoms with Gasteiger partial charge in [-0.3, -0.25) is 14.7 Å². The van der Waals surface area contributed by atoms with Crippen LogP contribution >= 0.6 is 0 Å². The molecule has 1 amide bonds. The molecule has 3 N–H and O–H groups in total. The maximum atomic E-state index is 12.0. The highest BCUT2D eigenvalue weighted by molar-refractivity contribution is 7.92. The summed E-state index contributed by atoms with van der Waals surface area (Å²) < 4.78 is 26.6. The van der Waals surface area contributed by atoms with Gasteiger partial charge in [-0.1, -0.05) is 44.1 Å². The highest BCUT2D eigenvalue weighted by atomic mass is 32.2. The zero-order valence-corrected chi connectivity index (χ0v) is 14.4. The molecule has 0 atom stereocenters. The lowest BCUT2D eigenvalue weighted by Crippen LogP contribution is -2.16. The molecule has 0 saturated heterocycles. The molecule has 24 heavy (non-hydrogen) atoms. The van der Waals surface area contributed by atoms with Gasteiger partial charge in [0.1, 0.15) is 0 Å². The Morgan fingerprint density at radius 1 is 1.29 bits per heavy atom. The minimum absolute atomic E-state index is 0.0991. The van der Waals surface area contributed by atoms with Gasteiger partial charge in [0.2, 0.25) is 10.0 Å². The predicted molar refractivity (Wildman–Crippen MR) is 93.9 cm³/mol. The van der Waals surface area contributed by atoms with Crippen LogP contribution in [0.1, 0.15) is 38.2 Å². The molecule has 0 saturated carbocycles. The van der Waals surface area contributed by atoms with Crippen LogP contribution in [0, 0.1) is 11.8 Å². The van der Waals surface area contributed by atoms with Crippen LogP contribution in [0.4, 0.5) is 5.69 Å². The molecule has 7 heteroatoms. The Kier molecular flexibility index (Phi) is 8.61. The Morgan fingerprint density at radius 3 is 2.79 bits per heavy atom. The first-order valence-corrected chi connectivity index (χ1v) is 9.35. The summed E-state index contributed by atoms with van der Waals surface area (Å²) in [5, 5.41) is 8.32. The van der Waals surface area contributed by atoms with Gasteiger partial charge in [0.25, 0.3) is 5.91 Å². The highest BCUT2D eigenvalue weighted by Crippen LogP contribution is 2.13. The Balaban J connectivity index is 2.66. The van der Waals surface area contributed by atoms with Gasteiger partial charge in [-0.2, -0.15) is 0 Å². The molecule has 0 bridgehead atoms. The quantitative estimate of drug-likeness (QED) is 0.221. The third-order valence-electron chi connectivity index (χ3n) is 3.05.